The predicted octanol–water partition coefficient (Wildman–Crippen LogP) is 1.59. The van der Waals surface area contributed by atoms with Gasteiger partial charge in [0, 0.05) is 52.3 Å². The molecule has 10 heteroatoms. The van der Waals surface area contributed by atoms with E-state index in [2.05, 4.69) is 5.32 Å². The number of piperazine rings is 1. The third-order valence-electron chi connectivity index (χ3n) is 4.58. The van der Waals surface area contributed by atoms with Crippen molar-refractivity contribution < 1.29 is 26.7 Å². The number of nitrogens with zero attached hydrogens (tertiary/aromatic N) is 2. The molecule has 0 aliphatic carbocycles. The van der Waals surface area contributed by atoms with Gasteiger partial charge in [0.15, 0.2) is 11.6 Å². The molecule has 1 amide bonds. The SMILES string of the molecule is CC(C)OCCCN(CCC(=O)N1CCNCC1)S(=O)(=O)c1ccc(F)c(F)c1. The molecule has 0 saturated carbocycles. The zero-order chi connectivity index (χ0) is 21.4. The Bertz CT molecular complexity index is 784. The van der Waals surface area contributed by atoms with Crippen molar-refractivity contribution in [3.05, 3.63) is 29.8 Å². The van der Waals surface area contributed by atoms with Gasteiger partial charge in [-0.2, -0.15) is 4.31 Å². The summed E-state index contributed by atoms with van der Waals surface area (Å²) in [5.41, 5.74) is 0. The lowest BCUT2D eigenvalue weighted by Crippen LogP contribution is -2.47. The van der Waals surface area contributed by atoms with Crippen molar-refractivity contribution in [2.24, 2.45) is 0 Å². The first-order valence-corrected chi connectivity index (χ1v) is 11.2. The highest BCUT2D eigenvalue weighted by Gasteiger charge is 2.27. The van der Waals surface area contributed by atoms with Crippen molar-refractivity contribution in [1.29, 1.82) is 0 Å². The molecule has 0 radical (unpaired) electrons. The van der Waals surface area contributed by atoms with Gasteiger partial charge >= 0.3 is 0 Å². The van der Waals surface area contributed by atoms with E-state index in [1.54, 1.807) is 4.90 Å². The van der Waals surface area contributed by atoms with Gasteiger partial charge in [-0.05, 0) is 38.5 Å². The Hall–Kier alpha value is -1.62. The number of benzene rings is 1. The lowest BCUT2D eigenvalue weighted by atomic mass is 10.3. The summed E-state index contributed by atoms with van der Waals surface area (Å²) in [5, 5.41) is 3.15. The van der Waals surface area contributed by atoms with Crippen molar-refractivity contribution in [1.82, 2.24) is 14.5 Å². The van der Waals surface area contributed by atoms with Gasteiger partial charge in [-0.25, -0.2) is 17.2 Å². The van der Waals surface area contributed by atoms with E-state index in [1.807, 2.05) is 13.8 Å². The second-order valence-electron chi connectivity index (χ2n) is 7.13. The second-order valence-corrected chi connectivity index (χ2v) is 9.07. The molecule has 0 aromatic heterocycles. The molecule has 7 nitrogen and oxygen atoms in total. The molecule has 2 rings (SSSR count). The van der Waals surface area contributed by atoms with E-state index in [1.165, 1.54) is 0 Å². The van der Waals surface area contributed by atoms with Crippen LogP contribution in [0.25, 0.3) is 0 Å². The van der Waals surface area contributed by atoms with Crippen molar-refractivity contribution in [2.45, 2.75) is 37.7 Å². The predicted molar refractivity (Wildman–Crippen MR) is 105 cm³/mol. The number of carbonyl (C=O) groups excluding carboxylic acids is 1. The largest absolute Gasteiger partial charge is 0.379 e. The molecule has 1 saturated heterocycles. The topological polar surface area (TPSA) is 79.0 Å². The average Bonchev–Trinajstić information content (AvgIpc) is 2.69. The smallest absolute Gasteiger partial charge is 0.243 e. The van der Waals surface area contributed by atoms with Crippen LogP contribution in [0.3, 0.4) is 0 Å². The van der Waals surface area contributed by atoms with Gasteiger partial charge in [0.05, 0.1) is 11.0 Å². The fourth-order valence-corrected chi connectivity index (χ4v) is 4.48. The summed E-state index contributed by atoms with van der Waals surface area (Å²) in [5.74, 6) is -2.48. The minimum absolute atomic E-state index is 0.0144. The van der Waals surface area contributed by atoms with Crippen LogP contribution in [0.1, 0.15) is 26.7 Å². The van der Waals surface area contributed by atoms with Crippen molar-refractivity contribution >= 4 is 15.9 Å². The van der Waals surface area contributed by atoms with E-state index >= 15 is 0 Å². The van der Waals surface area contributed by atoms with Crippen molar-refractivity contribution in [3.63, 3.8) is 0 Å². The Morgan fingerprint density at radius 2 is 1.90 bits per heavy atom. The average molecular weight is 434 g/mol. The fourth-order valence-electron chi connectivity index (χ4n) is 2.99. The summed E-state index contributed by atoms with van der Waals surface area (Å²) in [6.45, 7) is 6.75. The van der Waals surface area contributed by atoms with Crippen LogP contribution in [0.4, 0.5) is 8.78 Å². The van der Waals surface area contributed by atoms with Crippen LogP contribution < -0.4 is 5.32 Å². The van der Waals surface area contributed by atoms with Gasteiger partial charge in [-0.15, -0.1) is 0 Å². The first-order valence-electron chi connectivity index (χ1n) is 9.77. The highest BCUT2D eigenvalue weighted by Crippen LogP contribution is 2.19. The van der Waals surface area contributed by atoms with Crippen LogP contribution in [0.2, 0.25) is 0 Å². The molecule has 1 aromatic carbocycles. The van der Waals surface area contributed by atoms with Crippen LogP contribution in [0.5, 0.6) is 0 Å². The third-order valence-corrected chi connectivity index (χ3v) is 6.47. The lowest BCUT2D eigenvalue weighted by molar-refractivity contribution is -0.131. The first-order chi connectivity index (χ1) is 13.7. The van der Waals surface area contributed by atoms with Crippen LogP contribution in [0.15, 0.2) is 23.1 Å². The van der Waals surface area contributed by atoms with Gasteiger partial charge in [-0.3, -0.25) is 4.79 Å². The number of ether oxygens (including phenoxy) is 1. The molecule has 1 heterocycles. The number of sulfonamides is 1. The fraction of sp³-hybridized carbons (Fsp3) is 0.632. The number of carbonyl (C=O) groups is 1. The van der Waals surface area contributed by atoms with E-state index < -0.39 is 21.7 Å². The molecule has 1 aliphatic heterocycles. The number of halogens is 2. The summed E-state index contributed by atoms with van der Waals surface area (Å²) in [6, 6.07) is 2.48. The molecule has 164 valence electrons. The van der Waals surface area contributed by atoms with Crippen molar-refractivity contribution in [2.75, 3.05) is 45.9 Å². The monoisotopic (exact) mass is 433 g/mol. The highest BCUT2D eigenvalue weighted by molar-refractivity contribution is 7.89. The Balaban J connectivity index is 2.09. The maximum atomic E-state index is 13.6. The summed E-state index contributed by atoms with van der Waals surface area (Å²) in [6.07, 6.45) is 0.456. The second kappa shape index (κ2) is 11.0. The third kappa shape index (κ3) is 6.98. The summed E-state index contributed by atoms with van der Waals surface area (Å²) < 4.78 is 59.3. The quantitative estimate of drug-likeness (QED) is 0.567. The summed E-state index contributed by atoms with van der Waals surface area (Å²) >= 11 is 0. The molecule has 29 heavy (non-hydrogen) atoms. The molecule has 0 unspecified atom stereocenters. The Labute approximate surface area is 171 Å². The Morgan fingerprint density at radius 3 is 2.52 bits per heavy atom. The molecule has 1 fully saturated rings. The number of nitrogens with one attached hydrogen (secondary N) is 1. The van der Waals surface area contributed by atoms with E-state index in [-0.39, 0.29) is 36.4 Å². The number of rotatable bonds is 10. The van der Waals surface area contributed by atoms with Crippen molar-refractivity contribution in [3.8, 4) is 0 Å². The minimum Gasteiger partial charge on any atom is -0.379 e. The molecule has 1 aliphatic rings. The zero-order valence-corrected chi connectivity index (χ0v) is 17.7. The summed E-state index contributed by atoms with van der Waals surface area (Å²) in [4.78, 5) is 13.8. The maximum absolute atomic E-state index is 13.6. The van der Waals surface area contributed by atoms with Crippen LogP contribution >= 0.6 is 0 Å². The van der Waals surface area contributed by atoms with E-state index in [9.17, 15) is 22.0 Å². The standard InChI is InChI=1S/C19H29F2N3O4S/c1-15(2)28-13-3-9-24(10-6-19(25)23-11-7-22-8-12-23)29(26,27)16-4-5-17(20)18(21)14-16/h4-5,14-15,22H,3,6-13H2,1-2H3. The van der Waals surface area contributed by atoms with E-state index in [4.69, 9.17) is 4.74 Å². The molecule has 0 atom stereocenters. The Kier molecular flexibility index (Phi) is 8.94. The normalized spacial score (nSPS) is 15.3. The van der Waals surface area contributed by atoms with Crippen LogP contribution in [-0.4, -0.2) is 75.5 Å². The zero-order valence-electron chi connectivity index (χ0n) is 16.9. The van der Waals surface area contributed by atoms with E-state index in [0.29, 0.717) is 45.3 Å². The van der Waals surface area contributed by atoms with Gasteiger partial charge in [-0.1, -0.05) is 0 Å². The van der Waals surface area contributed by atoms with Gasteiger partial charge in [0.2, 0.25) is 15.9 Å². The number of hydrogen-bond donors (Lipinski definition) is 1. The maximum Gasteiger partial charge on any atom is 0.243 e. The van der Waals surface area contributed by atoms with Crippen LogP contribution in [0, 0.1) is 11.6 Å². The number of hydrogen-bond acceptors (Lipinski definition) is 5. The van der Waals surface area contributed by atoms with Gasteiger partial charge in [0.25, 0.3) is 0 Å². The molecule has 0 spiro atoms. The molecule has 0 bridgehead atoms. The summed E-state index contributed by atoms with van der Waals surface area (Å²) in [7, 11) is -4.08. The van der Waals surface area contributed by atoms with Crippen LogP contribution in [-0.2, 0) is 19.6 Å². The Morgan fingerprint density at radius 1 is 1.21 bits per heavy atom. The minimum atomic E-state index is -4.08. The molecule has 1 aromatic rings. The number of amides is 1. The molecular weight excluding hydrogens is 404 g/mol. The lowest BCUT2D eigenvalue weighted by Gasteiger charge is -2.29. The highest BCUT2D eigenvalue weighted by atomic mass is 32.2. The van der Waals surface area contributed by atoms with E-state index in [0.717, 1.165) is 16.4 Å². The van der Waals surface area contributed by atoms with Gasteiger partial charge < -0.3 is 15.0 Å². The first kappa shape index (κ1) is 23.7. The molecule has 1 N–H and O–H groups in total. The van der Waals surface area contributed by atoms with Gasteiger partial charge in [0.1, 0.15) is 0 Å². The molecular formula is C19H29F2N3O4S.